The number of nitrogens with one attached hydrogen (secondary N) is 1. The van der Waals surface area contributed by atoms with Crippen molar-refractivity contribution < 1.29 is 4.39 Å². The third-order valence-corrected chi connectivity index (χ3v) is 5.72. The van der Waals surface area contributed by atoms with Crippen LogP contribution < -0.4 is 5.32 Å². The van der Waals surface area contributed by atoms with Gasteiger partial charge in [0.15, 0.2) is 0 Å². The lowest BCUT2D eigenvalue weighted by atomic mass is 9.69. The topological polar surface area (TPSA) is 12.0 Å². The van der Waals surface area contributed by atoms with Gasteiger partial charge in [-0.05, 0) is 65.1 Å². The number of hydrogen-bond donors (Lipinski definition) is 1. The molecule has 3 heteroatoms. The summed E-state index contributed by atoms with van der Waals surface area (Å²) in [5.74, 6) is 0.630. The van der Waals surface area contributed by atoms with Crippen molar-refractivity contribution in [3.63, 3.8) is 0 Å². The summed E-state index contributed by atoms with van der Waals surface area (Å²) < 4.78 is 14.6. The first-order valence-corrected chi connectivity index (χ1v) is 8.44. The molecule has 0 bridgehead atoms. The van der Waals surface area contributed by atoms with Crippen LogP contribution in [0.2, 0.25) is 0 Å². The summed E-state index contributed by atoms with van der Waals surface area (Å²) in [5, 5.41) is 3.39. The Morgan fingerprint density at radius 2 is 1.90 bits per heavy atom. The van der Waals surface area contributed by atoms with Gasteiger partial charge in [-0.3, -0.25) is 0 Å². The number of hydrogen-bond acceptors (Lipinski definition) is 1. The highest BCUT2D eigenvalue weighted by molar-refractivity contribution is 9.10. The summed E-state index contributed by atoms with van der Waals surface area (Å²) >= 11 is 3.43. The summed E-state index contributed by atoms with van der Waals surface area (Å²) in [6.45, 7) is 7.03. The predicted octanol–water partition coefficient (Wildman–Crippen LogP) is 6.00. The Balaban J connectivity index is 1.95. The van der Waals surface area contributed by atoms with E-state index in [2.05, 4.69) is 42.0 Å². The van der Waals surface area contributed by atoms with Crippen LogP contribution in [0, 0.1) is 17.2 Å². The van der Waals surface area contributed by atoms with Crippen molar-refractivity contribution in [2.45, 2.75) is 58.9 Å². The molecule has 0 aliphatic heterocycles. The molecule has 20 heavy (non-hydrogen) atoms. The minimum absolute atomic E-state index is 0.171. The highest BCUT2D eigenvalue weighted by Gasteiger charge is 2.32. The minimum atomic E-state index is -0.171. The zero-order chi connectivity index (χ0) is 14.8. The summed E-state index contributed by atoms with van der Waals surface area (Å²) in [5.41, 5.74) is 1.05. The SMILES string of the molecule is CCC(C)(C)C1CCC(Nc2c(F)cccc2Br)CC1. The predicted molar refractivity (Wildman–Crippen MR) is 87.5 cm³/mol. The first kappa shape index (κ1) is 15.8. The standard InChI is InChI=1S/C17H25BrFN/c1-4-17(2,3)12-8-10-13(11-9-12)20-16-14(18)6-5-7-15(16)19/h5-7,12-13,20H,4,8-11H2,1-3H3. The fourth-order valence-corrected chi connectivity index (χ4v) is 3.60. The van der Waals surface area contributed by atoms with E-state index in [4.69, 9.17) is 0 Å². The van der Waals surface area contributed by atoms with Gasteiger partial charge in [-0.15, -0.1) is 0 Å². The first-order valence-electron chi connectivity index (χ1n) is 7.64. The highest BCUT2D eigenvalue weighted by atomic mass is 79.9. The van der Waals surface area contributed by atoms with Gasteiger partial charge < -0.3 is 5.32 Å². The van der Waals surface area contributed by atoms with Crippen molar-refractivity contribution in [3.05, 3.63) is 28.5 Å². The smallest absolute Gasteiger partial charge is 0.147 e. The van der Waals surface area contributed by atoms with Crippen LogP contribution in [0.5, 0.6) is 0 Å². The average molecular weight is 342 g/mol. The molecule has 0 unspecified atom stereocenters. The number of para-hydroxylation sites is 1. The molecule has 0 radical (unpaired) electrons. The van der Waals surface area contributed by atoms with Crippen LogP contribution in [0.4, 0.5) is 10.1 Å². The van der Waals surface area contributed by atoms with Gasteiger partial charge in [0.05, 0.1) is 5.69 Å². The molecule has 1 aromatic carbocycles. The second-order valence-corrected chi connectivity index (χ2v) is 7.49. The maximum atomic E-state index is 13.8. The maximum absolute atomic E-state index is 13.8. The van der Waals surface area contributed by atoms with Crippen LogP contribution in [-0.2, 0) is 0 Å². The van der Waals surface area contributed by atoms with E-state index in [0.29, 0.717) is 17.1 Å². The maximum Gasteiger partial charge on any atom is 0.147 e. The molecular formula is C17H25BrFN. The molecule has 1 fully saturated rings. The molecule has 1 nitrogen and oxygen atoms in total. The van der Waals surface area contributed by atoms with E-state index < -0.39 is 0 Å². The number of halogens is 2. The van der Waals surface area contributed by atoms with Gasteiger partial charge in [0.2, 0.25) is 0 Å². The summed E-state index contributed by atoms with van der Waals surface area (Å²) in [7, 11) is 0. The van der Waals surface area contributed by atoms with Crippen molar-refractivity contribution in [1.82, 2.24) is 0 Å². The Morgan fingerprint density at radius 3 is 2.45 bits per heavy atom. The molecule has 1 aromatic rings. The van der Waals surface area contributed by atoms with E-state index in [0.717, 1.165) is 23.2 Å². The lowest BCUT2D eigenvalue weighted by molar-refractivity contribution is 0.147. The molecule has 0 amide bonds. The van der Waals surface area contributed by atoms with Crippen molar-refractivity contribution in [2.24, 2.45) is 11.3 Å². The van der Waals surface area contributed by atoms with Crippen LogP contribution in [-0.4, -0.2) is 6.04 Å². The van der Waals surface area contributed by atoms with Gasteiger partial charge in [0, 0.05) is 10.5 Å². The molecule has 112 valence electrons. The Hall–Kier alpha value is -0.570. The van der Waals surface area contributed by atoms with Gasteiger partial charge >= 0.3 is 0 Å². The summed E-state index contributed by atoms with van der Waals surface area (Å²) in [6, 6.07) is 5.52. The monoisotopic (exact) mass is 341 g/mol. The van der Waals surface area contributed by atoms with Crippen molar-refractivity contribution in [1.29, 1.82) is 0 Å². The van der Waals surface area contributed by atoms with Crippen LogP contribution >= 0.6 is 15.9 Å². The third-order valence-electron chi connectivity index (χ3n) is 5.05. The third kappa shape index (κ3) is 3.55. The quantitative estimate of drug-likeness (QED) is 0.708. The Morgan fingerprint density at radius 1 is 1.25 bits per heavy atom. The van der Waals surface area contributed by atoms with E-state index in [1.165, 1.54) is 25.3 Å². The largest absolute Gasteiger partial charge is 0.379 e. The molecule has 1 aliphatic rings. The Labute approximate surface area is 130 Å². The molecule has 0 spiro atoms. The molecular weight excluding hydrogens is 317 g/mol. The summed E-state index contributed by atoms with van der Waals surface area (Å²) in [6.07, 6.45) is 5.98. The zero-order valence-electron chi connectivity index (χ0n) is 12.7. The molecule has 0 heterocycles. The van der Waals surface area contributed by atoms with Crippen molar-refractivity contribution in [2.75, 3.05) is 5.32 Å². The lowest BCUT2D eigenvalue weighted by Crippen LogP contribution is -2.33. The van der Waals surface area contributed by atoms with Crippen molar-refractivity contribution >= 4 is 21.6 Å². The minimum Gasteiger partial charge on any atom is -0.379 e. The van der Waals surface area contributed by atoms with Crippen molar-refractivity contribution in [3.8, 4) is 0 Å². The number of rotatable bonds is 4. The van der Waals surface area contributed by atoms with E-state index in [1.54, 1.807) is 6.07 Å². The molecule has 2 rings (SSSR count). The van der Waals surface area contributed by atoms with Crippen LogP contribution in [0.1, 0.15) is 52.9 Å². The van der Waals surface area contributed by atoms with E-state index in [-0.39, 0.29) is 5.82 Å². The van der Waals surface area contributed by atoms with Crippen LogP contribution in [0.15, 0.2) is 22.7 Å². The zero-order valence-corrected chi connectivity index (χ0v) is 14.3. The molecule has 1 aliphatic carbocycles. The number of anilines is 1. The second kappa shape index (κ2) is 6.46. The van der Waals surface area contributed by atoms with Crippen LogP contribution in [0.3, 0.4) is 0 Å². The van der Waals surface area contributed by atoms with Gasteiger partial charge in [0.25, 0.3) is 0 Å². The first-order chi connectivity index (χ1) is 9.44. The van der Waals surface area contributed by atoms with E-state index in [9.17, 15) is 4.39 Å². The normalized spacial score (nSPS) is 23.6. The van der Waals surface area contributed by atoms with E-state index >= 15 is 0 Å². The molecule has 0 atom stereocenters. The number of benzene rings is 1. The second-order valence-electron chi connectivity index (χ2n) is 6.63. The van der Waals surface area contributed by atoms with E-state index in [1.807, 2.05) is 6.07 Å². The lowest BCUT2D eigenvalue weighted by Gasteiger charge is -2.39. The highest BCUT2D eigenvalue weighted by Crippen LogP contribution is 2.41. The summed E-state index contributed by atoms with van der Waals surface area (Å²) in [4.78, 5) is 0. The van der Waals surface area contributed by atoms with Gasteiger partial charge in [0.1, 0.15) is 5.82 Å². The molecule has 1 saturated carbocycles. The fourth-order valence-electron chi connectivity index (χ4n) is 3.15. The fraction of sp³-hybridized carbons (Fsp3) is 0.647. The van der Waals surface area contributed by atoms with Gasteiger partial charge in [-0.1, -0.05) is 33.3 Å². The Bertz CT molecular complexity index is 430. The average Bonchev–Trinajstić information content (AvgIpc) is 2.43. The molecule has 0 saturated heterocycles. The molecule has 0 aromatic heterocycles. The molecule has 1 N–H and O–H groups in total. The van der Waals surface area contributed by atoms with Gasteiger partial charge in [-0.25, -0.2) is 4.39 Å². The van der Waals surface area contributed by atoms with Gasteiger partial charge in [-0.2, -0.15) is 0 Å². The van der Waals surface area contributed by atoms with Crippen LogP contribution in [0.25, 0.3) is 0 Å². The Kier molecular flexibility index (Phi) is 5.11.